The molecule has 0 amide bonds. The molecule has 1 nitrogen and oxygen atoms in total. The summed E-state index contributed by atoms with van der Waals surface area (Å²) in [7, 11) is 0. The van der Waals surface area contributed by atoms with Crippen molar-refractivity contribution in [3.05, 3.63) is 46.0 Å². The number of hydrogen-bond donors (Lipinski definition) is 1. The molecule has 0 fully saturated rings. The van der Waals surface area contributed by atoms with E-state index in [4.69, 9.17) is 5.73 Å². The fourth-order valence-corrected chi connectivity index (χ4v) is 1.87. The zero-order valence-corrected chi connectivity index (χ0v) is 11.5. The molecule has 0 heterocycles. The van der Waals surface area contributed by atoms with Gasteiger partial charge in [-0.3, -0.25) is 0 Å². The highest BCUT2D eigenvalue weighted by Crippen LogP contribution is 2.24. The van der Waals surface area contributed by atoms with Gasteiger partial charge >= 0.3 is 0 Å². The fraction of sp³-hybridized carbons (Fsp3) is 0.333. The average Bonchev–Trinajstić information content (AvgIpc) is 2.08. The van der Waals surface area contributed by atoms with Gasteiger partial charge in [-0.15, -0.1) is 19.0 Å². The molecule has 0 spiro atoms. The van der Waals surface area contributed by atoms with Gasteiger partial charge in [0.25, 0.3) is 0 Å². The summed E-state index contributed by atoms with van der Waals surface area (Å²) in [5.74, 6) is 0. The van der Waals surface area contributed by atoms with Crippen LogP contribution in [0.25, 0.3) is 0 Å². The first kappa shape index (κ1) is 14.7. The monoisotopic (exact) mass is 289 g/mol. The van der Waals surface area contributed by atoms with Gasteiger partial charge < -0.3 is 5.73 Å². The Bertz CT molecular complexity index is 349. The number of benzene rings is 1. The van der Waals surface area contributed by atoms with Crippen molar-refractivity contribution in [3.63, 3.8) is 0 Å². The number of rotatable bonds is 3. The summed E-state index contributed by atoms with van der Waals surface area (Å²) in [5.41, 5.74) is 9.64. The lowest BCUT2D eigenvalue weighted by molar-refractivity contribution is 0.711. The molecule has 0 saturated carbocycles. The van der Waals surface area contributed by atoms with Crippen molar-refractivity contribution in [1.82, 2.24) is 0 Å². The molecule has 84 valence electrons. The van der Waals surface area contributed by atoms with Crippen LogP contribution in [-0.2, 0) is 0 Å². The Morgan fingerprint density at radius 2 is 2.13 bits per heavy atom. The predicted octanol–water partition coefficient (Wildman–Crippen LogP) is 4.15. The Morgan fingerprint density at radius 3 is 2.67 bits per heavy atom. The quantitative estimate of drug-likeness (QED) is 0.832. The normalized spacial score (nSPS) is 11.7. The number of hydrogen-bond acceptors (Lipinski definition) is 1. The van der Waals surface area contributed by atoms with E-state index < -0.39 is 0 Å². The summed E-state index contributed by atoms with van der Waals surface area (Å²) >= 11 is 3.45. The second-order valence-electron chi connectivity index (χ2n) is 3.77. The van der Waals surface area contributed by atoms with Crippen molar-refractivity contribution in [2.24, 2.45) is 5.73 Å². The van der Waals surface area contributed by atoms with Crippen LogP contribution >= 0.6 is 28.3 Å². The lowest BCUT2D eigenvalue weighted by Gasteiger charge is -2.15. The maximum absolute atomic E-state index is 6.08. The van der Waals surface area contributed by atoms with Crippen LogP contribution in [0.2, 0.25) is 0 Å². The molecule has 0 aromatic heterocycles. The molecule has 1 aromatic carbocycles. The first-order valence-corrected chi connectivity index (χ1v) is 5.46. The van der Waals surface area contributed by atoms with Crippen molar-refractivity contribution >= 4 is 28.3 Å². The zero-order chi connectivity index (χ0) is 10.7. The summed E-state index contributed by atoms with van der Waals surface area (Å²) in [6.07, 6.45) is 0.845. The van der Waals surface area contributed by atoms with E-state index in [0.29, 0.717) is 0 Å². The van der Waals surface area contributed by atoms with E-state index in [1.807, 2.05) is 13.0 Å². The van der Waals surface area contributed by atoms with Crippen LogP contribution < -0.4 is 5.73 Å². The number of nitrogens with two attached hydrogens (primary N) is 1. The molecule has 2 N–H and O–H groups in total. The molecule has 0 aliphatic rings. The topological polar surface area (TPSA) is 26.0 Å². The predicted molar refractivity (Wildman–Crippen MR) is 72.5 cm³/mol. The van der Waals surface area contributed by atoms with Crippen molar-refractivity contribution in [3.8, 4) is 0 Å². The van der Waals surface area contributed by atoms with Gasteiger partial charge in [-0.05, 0) is 43.5 Å². The summed E-state index contributed by atoms with van der Waals surface area (Å²) in [6, 6.07) is 6.26. The summed E-state index contributed by atoms with van der Waals surface area (Å²) in [4.78, 5) is 0. The molecule has 1 rings (SSSR count). The maximum atomic E-state index is 6.08. The molecule has 1 aromatic rings. The Hall–Kier alpha value is -0.310. The lowest BCUT2D eigenvalue weighted by atomic mass is 9.97. The third-order valence-electron chi connectivity index (χ3n) is 2.21. The smallest absolute Gasteiger partial charge is 0.0335 e. The molecule has 0 aliphatic carbocycles. The highest BCUT2D eigenvalue weighted by atomic mass is 79.9. The van der Waals surface area contributed by atoms with Crippen molar-refractivity contribution in [1.29, 1.82) is 0 Å². The molecule has 0 radical (unpaired) electrons. The van der Waals surface area contributed by atoms with Gasteiger partial charge in [0.05, 0.1) is 0 Å². The molecular formula is C12H17BrClN. The van der Waals surface area contributed by atoms with Gasteiger partial charge in [0, 0.05) is 10.5 Å². The molecule has 3 heteroatoms. The van der Waals surface area contributed by atoms with Crippen LogP contribution in [-0.4, -0.2) is 0 Å². The highest BCUT2D eigenvalue weighted by molar-refractivity contribution is 9.10. The van der Waals surface area contributed by atoms with Gasteiger partial charge in [0.2, 0.25) is 0 Å². The van der Waals surface area contributed by atoms with Crippen LogP contribution in [0.1, 0.15) is 30.5 Å². The van der Waals surface area contributed by atoms with Crippen LogP contribution in [0, 0.1) is 6.92 Å². The van der Waals surface area contributed by atoms with Crippen molar-refractivity contribution < 1.29 is 0 Å². The molecular weight excluding hydrogens is 273 g/mol. The molecule has 0 aliphatic heterocycles. The van der Waals surface area contributed by atoms with Crippen LogP contribution in [0.4, 0.5) is 0 Å². The van der Waals surface area contributed by atoms with Gasteiger partial charge in [0.1, 0.15) is 0 Å². The Labute approximate surface area is 106 Å². The van der Waals surface area contributed by atoms with Crippen LogP contribution in [0.3, 0.4) is 0 Å². The summed E-state index contributed by atoms with van der Waals surface area (Å²) < 4.78 is 1.08. The molecule has 0 bridgehead atoms. The average molecular weight is 291 g/mol. The first-order chi connectivity index (χ1) is 6.50. The first-order valence-electron chi connectivity index (χ1n) is 4.66. The molecule has 1 atom stereocenters. The second kappa shape index (κ2) is 6.31. The number of aryl methyl sites for hydroxylation is 1. The van der Waals surface area contributed by atoms with Crippen molar-refractivity contribution in [2.45, 2.75) is 26.3 Å². The van der Waals surface area contributed by atoms with E-state index in [9.17, 15) is 0 Å². The summed E-state index contributed by atoms with van der Waals surface area (Å²) in [5, 5.41) is 0. The van der Waals surface area contributed by atoms with Gasteiger partial charge in [-0.25, -0.2) is 0 Å². The van der Waals surface area contributed by atoms with Crippen molar-refractivity contribution in [2.75, 3.05) is 0 Å². The minimum Gasteiger partial charge on any atom is -0.324 e. The minimum absolute atomic E-state index is 0. The van der Waals surface area contributed by atoms with E-state index >= 15 is 0 Å². The van der Waals surface area contributed by atoms with E-state index in [-0.39, 0.29) is 18.4 Å². The molecule has 0 unspecified atom stereocenters. The third-order valence-corrected chi connectivity index (χ3v) is 2.70. The Morgan fingerprint density at radius 1 is 1.53 bits per heavy atom. The highest BCUT2D eigenvalue weighted by Gasteiger charge is 2.09. The van der Waals surface area contributed by atoms with E-state index in [2.05, 4.69) is 41.6 Å². The maximum Gasteiger partial charge on any atom is 0.0335 e. The van der Waals surface area contributed by atoms with E-state index in [1.54, 1.807) is 0 Å². The SMILES string of the molecule is C=C(C)C[C@@H](N)c1cc(Br)ccc1C.Cl. The zero-order valence-electron chi connectivity index (χ0n) is 9.09. The summed E-state index contributed by atoms with van der Waals surface area (Å²) in [6.45, 7) is 7.97. The van der Waals surface area contributed by atoms with E-state index in [0.717, 1.165) is 16.5 Å². The van der Waals surface area contributed by atoms with Gasteiger partial charge in [-0.1, -0.05) is 27.6 Å². The fourth-order valence-electron chi connectivity index (χ4n) is 1.50. The van der Waals surface area contributed by atoms with Gasteiger partial charge in [-0.2, -0.15) is 0 Å². The Kier molecular flexibility index (Phi) is 6.18. The minimum atomic E-state index is 0. The van der Waals surface area contributed by atoms with Crippen LogP contribution in [0.5, 0.6) is 0 Å². The lowest BCUT2D eigenvalue weighted by Crippen LogP contribution is -2.11. The standard InChI is InChI=1S/C12H16BrN.ClH/c1-8(2)6-12(14)11-7-10(13)5-4-9(11)3;/h4-5,7,12H,1,6,14H2,2-3H3;1H/t12-;/m1./s1. The van der Waals surface area contributed by atoms with Gasteiger partial charge in [0.15, 0.2) is 0 Å². The largest absolute Gasteiger partial charge is 0.324 e. The third kappa shape index (κ3) is 4.37. The number of halogens is 2. The van der Waals surface area contributed by atoms with Crippen LogP contribution in [0.15, 0.2) is 34.8 Å². The molecule has 0 saturated heterocycles. The van der Waals surface area contributed by atoms with E-state index in [1.165, 1.54) is 11.1 Å². The second-order valence-corrected chi connectivity index (χ2v) is 4.68. The Balaban J connectivity index is 0.00000196. The molecule has 15 heavy (non-hydrogen) atoms.